The standard InChI is InChI=1S/C23H30N6O9/c1-10(30)19(25)22(36)28-14(6-11-9-26-13-5-3-2-4-12(11)13)20(34)27-15(7-17(24)31)21(35)29-16(23(37)38)8-18(32)33/h2-5,9-10,14-16,19,26,30H,6-8,25H2,1H3,(H2,24,31)(H,27,34)(H,28,36)(H,29,35)(H,32,33)(H,37,38). The Morgan fingerprint density at radius 1 is 0.895 bits per heavy atom. The first-order valence-corrected chi connectivity index (χ1v) is 11.4. The second kappa shape index (κ2) is 13.2. The number of H-pyrrole nitrogens is 1. The average Bonchev–Trinajstić information content (AvgIpc) is 3.24. The van der Waals surface area contributed by atoms with Crippen LogP contribution in [-0.2, 0) is 35.2 Å². The van der Waals surface area contributed by atoms with Crippen molar-refractivity contribution >= 4 is 46.5 Å². The van der Waals surface area contributed by atoms with Crippen LogP contribution in [0.1, 0.15) is 25.3 Å². The van der Waals surface area contributed by atoms with Crippen LogP contribution >= 0.6 is 0 Å². The molecule has 0 saturated heterocycles. The molecule has 0 saturated carbocycles. The van der Waals surface area contributed by atoms with Gasteiger partial charge in [0, 0.05) is 23.5 Å². The van der Waals surface area contributed by atoms with Gasteiger partial charge in [0.25, 0.3) is 0 Å². The van der Waals surface area contributed by atoms with Crippen molar-refractivity contribution in [3.63, 3.8) is 0 Å². The summed E-state index contributed by atoms with van der Waals surface area (Å²) in [7, 11) is 0. The van der Waals surface area contributed by atoms with E-state index in [1.165, 1.54) is 6.92 Å². The number of para-hydroxylation sites is 1. The number of carboxylic acid groups (broad SMARTS) is 2. The summed E-state index contributed by atoms with van der Waals surface area (Å²) >= 11 is 0. The number of fused-ring (bicyclic) bond motifs is 1. The number of rotatable bonds is 14. The summed E-state index contributed by atoms with van der Waals surface area (Å²) in [6, 6.07) is 0.838. The lowest BCUT2D eigenvalue weighted by atomic mass is 10.0. The van der Waals surface area contributed by atoms with Gasteiger partial charge in [-0.25, -0.2) is 4.79 Å². The van der Waals surface area contributed by atoms with E-state index in [1.807, 2.05) is 5.32 Å². The number of aromatic nitrogens is 1. The summed E-state index contributed by atoms with van der Waals surface area (Å²) < 4.78 is 0. The molecule has 2 rings (SSSR count). The predicted molar refractivity (Wildman–Crippen MR) is 131 cm³/mol. The Balaban J connectivity index is 2.32. The third kappa shape index (κ3) is 8.28. The number of hydrogen-bond acceptors (Lipinski definition) is 8. The number of aliphatic hydroxyl groups is 1. The number of hydrogen-bond donors (Lipinski definition) is 9. The highest BCUT2D eigenvalue weighted by Crippen LogP contribution is 2.19. The van der Waals surface area contributed by atoms with Gasteiger partial charge in [-0.05, 0) is 18.6 Å². The van der Waals surface area contributed by atoms with Crippen molar-refractivity contribution in [1.82, 2.24) is 20.9 Å². The van der Waals surface area contributed by atoms with Gasteiger partial charge in [0.2, 0.25) is 23.6 Å². The Kier molecular flexibility index (Phi) is 10.3. The number of benzene rings is 1. The molecule has 1 aromatic carbocycles. The summed E-state index contributed by atoms with van der Waals surface area (Å²) in [4.78, 5) is 75.4. The van der Waals surface area contributed by atoms with E-state index >= 15 is 0 Å². The van der Waals surface area contributed by atoms with Crippen molar-refractivity contribution in [3.05, 3.63) is 36.0 Å². The molecule has 5 atom stereocenters. The summed E-state index contributed by atoms with van der Waals surface area (Å²) in [5, 5.41) is 35.1. The minimum absolute atomic E-state index is 0.101. The van der Waals surface area contributed by atoms with Gasteiger partial charge in [-0.3, -0.25) is 24.0 Å². The maximum Gasteiger partial charge on any atom is 0.326 e. The molecule has 0 spiro atoms. The minimum Gasteiger partial charge on any atom is -0.481 e. The van der Waals surface area contributed by atoms with Crippen LogP contribution in [0.4, 0.5) is 0 Å². The average molecular weight is 535 g/mol. The lowest BCUT2D eigenvalue weighted by Gasteiger charge is -2.25. The molecule has 5 unspecified atom stereocenters. The van der Waals surface area contributed by atoms with Crippen LogP contribution in [0.5, 0.6) is 0 Å². The quantitative estimate of drug-likeness (QED) is 0.121. The normalized spacial score (nSPS) is 14.9. The molecule has 15 heteroatoms. The molecule has 0 fully saturated rings. The number of carbonyl (C=O) groups is 6. The Hall–Kier alpha value is -4.50. The Labute approximate surface area is 215 Å². The fraction of sp³-hybridized carbons (Fsp3) is 0.391. The molecule has 0 radical (unpaired) electrons. The van der Waals surface area contributed by atoms with Gasteiger partial charge in [0.15, 0.2) is 0 Å². The van der Waals surface area contributed by atoms with Gasteiger partial charge in [0.1, 0.15) is 24.2 Å². The number of carbonyl (C=O) groups excluding carboxylic acids is 4. The van der Waals surface area contributed by atoms with E-state index < -0.39 is 78.7 Å². The molecular weight excluding hydrogens is 504 g/mol. The van der Waals surface area contributed by atoms with E-state index in [-0.39, 0.29) is 6.42 Å². The first kappa shape index (κ1) is 29.7. The zero-order valence-electron chi connectivity index (χ0n) is 20.3. The molecule has 1 aromatic heterocycles. The summed E-state index contributed by atoms with van der Waals surface area (Å²) in [5.74, 6) is -7.19. The van der Waals surface area contributed by atoms with Crippen LogP contribution in [-0.4, -0.2) is 86.1 Å². The summed E-state index contributed by atoms with van der Waals surface area (Å²) in [5.41, 5.74) is 12.2. The Morgan fingerprint density at radius 3 is 2.05 bits per heavy atom. The van der Waals surface area contributed by atoms with Crippen molar-refractivity contribution < 1.29 is 44.1 Å². The van der Waals surface area contributed by atoms with Gasteiger partial charge >= 0.3 is 11.9 Å². The fourth-order valence-electron chi connectivity index (χ4n) is 3.55. The minimum atomic E-state index is -1.85. The predicted octanol–water partition coefficient (Wildman–Crippen LogP) is -2.69. The number of nitrogens with two attached hydrogens (primary N) is 2. The fourth-order valence-corrected chi connectivity index (χ4v) is 3.55. The van der Waals surface area contributed by atoms with Crippen LogP contribution in [0.2, 0.25) is 0 Å². The topological polar surface area (TPSA) is 267 Å². The van der Waals surface area contributed by atoms with E-state index in [1.54, 1.807) is 30.5 Å². The smallest absolute Gasteiger partial charge is 0.326 e. The van der Waals surface area contributed by atoms with Crippen molar-refractivity contribution in [2.24, 2.45) is 11.5 Å². The summed E-state index contributed by atoms with van der Waals surface area (Å²) in [6.45, 7) is 1.28. The highest BCUT2D eigenvalue weighted by molar-refractivity contribution is 5.97. The second-order valence-corrected chi connectivity index (χ2v) is 8.62. The van der Waals surface area contributed by atoms with Crippen LogP contribution in [0.3, 0.4) is 0 Å². The van der Waals surface area contributed by atoms with E-state index in [2.05, 4.69) is 15.6 Å². The van der Waals surface area contributed by atoms with Gasteiger partial charge in [-0.2, -0.15) is 0 Å². The van der Waals surface area contributed by atoms with Crippen LogP contribution in [0.15, 0.2) is 30.5 Å². The Bertz CT molecular complexity index is 1210. The number of aliphatic carboxylic acids is 2. The van der Waals surface area contributed by atoms with Gasteiger partial charge in [-0.1, -0.05) is 18.2 Å². The van der Waals surface area contributed by atoms with E-state index in [9.17, 15) is 39.0 Å². The number of carboxylic acids is 2. The molecule has 0 bridgehead atoms. The number of amides is 4. The molecule has 0 aliphatic carbocycles. The molecule has 0 aliphatic heterocycles. The van der Waals surface area contributed by atoms with Gasteiger partial charge < -0.3 is 47.7 Å². The second-order valence-electron chi connectivity index (χ2n) is 8.62. The lowest BCUT2D eigenvalue weighted by Crippen LogP contribution is -2.59. The third-order valence-electron chi connectivity index (χ3n) is 5.59. The highest BCUT2D eigenvalue weighted by atomic mass is 16.4. The molecule has 0 aliphatic rings. The van der Waals surface area contributed by atoms with Crippen molar-refractivity contribution in [2.75, 3.05) is 0 Å². The zero-order valence-corrected chi connectivity index (χ0v) is 20.3. The molecule has 206 valence electrons. The zero-order chi connectivity index (χ0) is 28.6. The number of aromatic amines is 1. The van der Waals surface area contributed by atoms with Gasteiger partial charge in [-0.15, -0.1) is 0 Å². The van der Waals surface area contributed by atoms with Gasteiger partial charge in [0.05, 0.1) is 18.9 Å². The monoisotopic (exact) mass is 534 g/mol. The van der Waals surface area contributed by atoms with E-state index in [0.29, 0.717) is 5.56 Å². The number of primary amides is 1. The largest absolute Gasteiger partial charge is 0.481 e. The molecule has 2 aromatic rings. The van der Waals surface area contributed by atoms with Crippen molar-refractivity contribution in [3.8, 4) is 0 Å². The van der Waals surface area contributed by atoms with Crippen molar-refractivity contribution in [1.29, 1.82) is 0 Å². The first-order chi connectivity index (χ1) is 17.8. The number of aliphatic hydroxyl groups excluding tert-OH is 1. The maximum atomic E-state index is 13.2. The Morgan fingerprint density at radius 2 is 1.47 bits per heavy atom. The molecule has 38 heavy (non-hydrogen) atoms. The van der Waals surface area contributed by atoms with Crippen LogP contribution < -0.4 is 27.4 Å². The molecular formula is C23H30N6O9. The first-order valence-electron chi connectivity index (χ1n) is 11.4. The third-order valence-corrected chi connectivity index (χ3v) is 5.59. The van der Waals surface area contributed by atoms with Crippen LogP contribution in [0.25, 0.3) is 10.9 Å². The molecule has 4 amide bonds. The lowest BCUT2D eigenvalue weighted by molar-refractivity contribution is -0.147. The summed E-state index contributed by atoms with van der Waals surface area (Å²) in [6.07, 6.45) is -1.45. The SMILES string of the molecule is CC(O)C(N)C(=O)NC(Cc1c[nH]c2ccccc12)C(=O)NC(CC(N)=O)C(=O)NC(CC(=O)O)C(=O)O. The molecule has 1 heterocycles. The van der Waals surface area contributed by atoms with Crippen LogP contribution in [0, 0.1) is 0 Å². The number of nitrogens with one attached hydrogen (secondary N) is 4. The van der Waals surface area contributed by atoms with E-state index in [0.717, 1.165) is 10.9 Å². The molecule has 15 nitrogen and oxygen atoms in total. The van der Waals surface area contributed by atoms with E-state index in [4.69, 9.17) is 16.6 Å². The highest BCUT2D eigenvalue weighted by Gasteiger charge is 2.33. The van der Waals surface area contributed by atoms with Crippen molar-refractivity contribution in [2.45, 2.75) is 56.5 Å². The maximum absolute atomic E-state index is 13.2. The molecule has 11 N–H and O–H groups in total.